The SMILES string of the molecule is C1=CC=C2CC(=NC(/C3=C/C(c4ccccc4)=C\C(c4cc(-c5cc(-c6ccccc6)cc(-c6nc7ccccn7c6-c6ccccc6)n5)nc(-c5ccccc5)n4)=C\CCC3)=C2c2ccccc2)C=C1. The van der Waals surface area contributed by atoms with Crippen LogP contribution >= 0.6 is 0 Å². The summed E-state index contributed by atoms with van der Waals surface area (Å²) in [6, 6.07) is 65.2. The van der Waals surface area contributed by atoms with Gasteiger partial charge in [0.25, 0.3) is 0 Å². The fourth-order valence-corrected chi connectivity index (χ4v) is 9.78. The fraction of sp³-hybridized carbons (Fsp3) is 0.0615. The van der Waals surface area contributed by atoms with Crippen LogP contribution in [-0.4, -0.2) is 30.0 Å². The van der Waals surface area contributed by atoms with E-state index in [0.29, 0.717) is 11.5 Å². The van der Waals surface area contributed by atoms with Crippen molar-refractivity contribution in [1.82, 2.24) is 24.3 Å². The highest BCUT2D eigenvalue weighted by Crippen LogP contribution is 2.42. The lowest BCUT2D eigenvalue weighted by atomic mass is 9.85. The molecule has 0 fully saturated rings. The molecule has 1 aliphatic heterocycles. The minimum absolute atomic E-state index is 0.625. The van der Waals surface area contributed by atoms with Gasteiger partial charge < -0.3 is 0 Å². The van der Waals surface area contributed by atoms with Crippen molar-refractivity contribution in [3.63, 3.8) is 0 Å². The van der Waals surface area contributed by atoms with Gasteiger partial charge in [-0.3, -0.25) is 9.39 Å². The molecule has 0 spiro atoms. The van der Waals surface area contributed by atoms with E-state index < -0.39 is 0 Å². The van der Waals surface area contributed by atoms with Crippen molar-refractivity contribution in [2.24, 2.45) is 4.99 Å². The van der Waals surface area contributed by atoms with Crippen LogP contribution in [0.1, 0.15) is 42.5 Å². The maximum absolute atomic E-state index is 5.50. The number of nitrogens with zero attached hydrogens (tertiary/aromatic N) is 6. The van der Waals surface area contributed by atoms with Crippen LogP contribution in [0.25, 0.3) is 78.9 Å². The smallest absolute Gasteiger partial charge is 0.160 e. The van der Waals surface area contributed by atoms with Gasteiger partial charge in [0.1, 0.15) is 11.3 Å². The van der Waals surface area contributed by atoms with Gasteiger partial charge in [0, 0.05) is 35.0 Å². The second-order valence-electron chi connectivity index (χ2n) is 17.9. The first-order valence-corrected chi connectivity index (χ1v) is 24.3. The summed E-state index contributed by atoms with van der Waals surface area (Å²) in [5, 5.41) is 0. The van der Waals surface area contributed by atoms with E-state index in [9.17, 15) is 0 Å². The summed E-state index contributed by atoms with van der Waals surface area (Å²) in [5.41, 5.74) is 19.8. The van der Waals surface area contributed by atoms with Crippen molar-refractivity contribution in [3.05, 3.63) is 277 Å². The van der Waals surface area contributed by atoms with Crippen LogP contribution in [0.4, 0.5) is 0 Å². The second kappa shape index (κ2) is 19.5. The molecule has 0 radical (unpaired) electrons. The molecule has 12 rings (SSSR count). The Morgan fingerprint density at radius 2 is 1.08 bits per heavy atom. The van der Waals surface area contributed by atoms with Crippen molar-refractivity contribution >= 4 is 28.1 Å². The minimum Gasteiger partial charge on any atom is -0.299 e. The Hall–Kier alpha value is -9.13. The molecule has 2 bridgehead atoms. The molecule has 4 aromatic heterocycles. The Balaban J connectivity index is 1.06. The van der Waals surface area contributed by atoms with Crippen LogP contribution in [0.2, 0.25) is 0 Å². The van der Waals surface area contributed by atoms with Crippen molar-refractivity contribution in [2.75, 3.05) is 0 Å². The van der Waals surface area contributed by atoms with Gasteiger partial charge in [-0.2, -0.15) is 0 Å². The van der Waals surface area contributed by atoms with Gasteiger partial charge in [-0.1, -0.05) is 188 Å². The van der Waals surface area contributed by atoms with E-state index in [1.807, 2.05) is 48.5 Å². The van der Waals surface area contributed by atoms with E-state index >= 15 is 0 Å². The zero-order chi connectivity index (χ0) is 47.3. The van der Waals surface area contributed by atoms with E-state index in [1.54, 1.807) is 0 Å². The van der Waals surface area contributed by atoms with Crippen molar-refractivity contribution in [3.8, 4) is 56.5 Å². The predicted octanol–water partition coefficient (Wildman–Crippen LogP) is 15.7. The van der Waals surface area contributed by atoms with Crippen LogP contribution in [-0.2, 0) is 0 Å². The first kappa shape index (κ1) is 43.2. The number of allylic oxidation sites excluding steroid dienone is 13. The Morgan fingerprint density at radius 1 is 0.451 bits per heavy atom. The lowest BCUT2D eigenvalue weighted by molar-refractivity contribution is 0.836. The molecule has 6 heteroatoms. The first-order chi connectivity index (χ1) is 35.2. The van der Waals surface area contributed by atoms with Gasteiger partial charge in [0.05, 0.1) is 34.2 Å². The molecule has 0 N–H and O–H groups in total. The largest absolute Gasteiger partial charge is 0.299 e. The molecule has 6 nitrogen and oxygen atoms in total. The van der Waals surface area contributed by atoms with E-state index in [-0.39, 0.29) is 0 Å². The number of hydrogen-bond donors (Lipinski definition) is 0. The number of fused-ring (bicyclic) bond motifs is 3. The Bertz CT molecular complexity index is 3700. The predicted molar refractivity (Wildman–Crippen MR) is 292 cm³/mol. The van der Waals surface area contributed by atoms with E-state index in [1.165, 1.54) is 22.3 Å². The number of aromatic nitrogens is 5. The highest BCUT2D eigenvalue weighted by Gasteiger charge is 2.25. The van der Waals surface area contributed by atoms with Gasteiger partial charge in [-0.05, 0) is 112 Å². The lowest BCUT2D eigenvalue weighted by Gasteiger charge is -2.24. The topological polar surface area (TPSA) is 68.3 Å². The average Bonchev–Trinajstić information content (AvgIpc) is 3.87. The molecule has 0 saturated carbocycles. The molecule has 71 heavy (non-hydrogen) atoms. The Kier molecular flexibility index (Phi) is 11.8. The Labute approximate surface area is 414 Å². The van der Waals surface area contributed by atoms with E-state index in [0.717, 1.165) is 110 Å². The number of rotatable bonds is 9. The fourth-order valence-electron chi connectivity index (χ4n) is 9.78. The Morgan fingerprint density at radius 3 is 1.83 bits per heavy atom. The second-order valence-corrected chi connectivity index (χ2v) is 17.9. The first-order valence-electron chi connectivity index (χ1n) is 24.3. The molecule has 0 saturated heterocycles. The molecule has 338 valence electrons. The number of imidazole rings is 1. The highest BCUT2D eigenvalue weighted by atomic mass is 15.0. The third kappa shape index (κ3) is 9.03. The van der Waals surface area contributed by atoms with E-state index in [2.05, 4.69) is 199 Å². The molecule has 0 unspecified atom stereocenters. The van der Waals surface area contributed by atoms with Crippen molar-refractivity contribution < 1.29 is 0 Å². The molecule has 3 aliphatic rings. The molecule has 0 atom stereocenters. The summed E-state index contributed by atoms with van der Waals surface area (Å²) in [7, 11) is 0. The van der Waals surface area contributed by atoms with Crippen molar-refractivity contribution in [2.45, 2.75) is 25.7 Å². The van der Waals surface area contributed by atoms with Crippen LogP contribution in [0.15, 0.2) is 265 Å². The molecule has 2 aliphatic carbocycles. The standard InChI is InChI=1S/C65H48N6/c1-7-23-45(24-8-1)53-39-50(33-19-20-35-52(40-53)62-61(47-27-11-3-12-28-47)51-34-17-6-18-36-55(41-51)66-62)56-44-58(69-65(68-56)49-31-15-5-16-32-49)57-42-54(46-25-9-2-10-26-46)43-59(67-57)63-64(48-29-13-4-14-30-48)71-38-22-21-37-60(71)70-63/h1-18,21-34,36-40,42-44H,19-20,35,41H2/b17-6?,18-6?,34-17?,36-18?,50-33-,51-34?,52-40+,53-39+,55-36?. The number of benzene rings is 5. The van der Waals surface area contributed by atoms with Crippen LogP contribution in [0, 0.1) is 0 Å². The molecule has 0 amide bonds. The minimum atomic E-state index is 0.625. The molecule has 5 heterocycles. The third-order valence-electron chi connectivity index (χ3n) is 13.2. The number of aliphatic imine (C=N–C) groups is 1. The number of hydrogen-bond acceptors (Lipinski definition) is 5. The van der Waals surface area contributed by atoms with Gasteiger partial charge in [0.15, 0.2) is 5.82 Å². The molecular formula is C65H48N6. The highest BCUT2D eigenvalue weighted by molar-refractivity contribution is 6.05. The molecular weight excluding hydrogens is 865 g/mol. The van der Waals surface area contributed by atoms with Crippen molar-refractivity contribution in [1.29, 1.82) is 0 Å². The van der Waals surface area contributed by atoms with Gasteiger partial charge in [-0.25, -0.2) is 19.9 Å². The lowest BCUT2D eigenvalue weighted by Crippen LogP contribution is -2.10. The summed E-state index contributed by atoms with van der Waals surface area (Å²) in [6.45, 7) is 0. The summed E-state index contributed by atoms with van der Waals surface area (Å²) in [5.74, 6) is 0.625. The normalized spacial score (nSPS) is 17.0. The average molecular weight is 913 g/mol. The summed E-state index contributed by atoms with van der Waals surface area (Å²) >= 11 is 0. The van der Waals surface area contributed by atoms with Gasteiger partial charge in [0.2, 0.25) is 0 Å². The van der Waals surface area contributed by atoms with E-state index in [4.69, 9.17) is 24.9 Å². The maximum Gasteiger partial charge on any atom is 0.160 e. The zero-order valence-corrected chi connectivity index (χ0v) is 39.1. The van der Waals surface area contributed by atoms with Crippen LogP contribution < -0.4 is 0 Å². The van der Waals surface area contributed by atoms with Crippen LogP contribution in [0.3, 0.4) is 0 Å². The van der Waals surface area contributed by atoms with Crippen LogP contribution in [0.5, 0.6) is 0 Å². The monoisotopic (exact) mass is 912 g/mol. The summed E-state index contributed by atoms with van der Waals surface area (Å²) in [6.07, 6.45) is 23.2. The maximum atomic E-state index is 5.50. The van der Waals surface area contributed by atoms with Gasteiger partial charge >= 0.3 is 0 Å². The van der Waals surface area contributed by atoms with Gasteiger partial charge in [-0.15, -0.1) is 0 Å². The molecule has 5 aromatic carbocycles. The third-order valence-corrected chi connectivity index (χ3v) is 13.2. The zero-order valence-electron chi connectivity index (χ0n) is 39.1. The summed E-state index contributed by atoms with van der Waals surface area (Å²) < 4.78 is 2.15. The molecule has 9 aromatic rings. The summed E-state index contributed by atoms with van der Waals surface area (Å²) in [4.78, 5) is 27.0. The quantitative estimate of drug-likeness (QED) is 0.145. The number of pyridine rings is 2.